The third-order valence-electron chi connectivity index (χ3n) is 3.29. The largest absolute Gasteiger partial charge is 0.439 e. The molecule has 6 heteroatoms. The van der Waals surface area contributed by atoms with Gasteiger partial charge in [-0.25, -0.2) is 4.98 Å². The summed E-state index contributed by atoms with van der Waals surface area (Å²) in [6.07, 6.45) is 2.65. The van der Waals surface area contributed by atoms with E-state index < -0.39 is 4.92 Å². The molecule has 1 atom stereocenters. The Morgan fingerprint density at radius 3 is 2.90 bits per heavy atom. The van der Waals surface area contributed by atoms with E-state index in [1.165, 1.54) is 12.1 Å². The van der Waals surface area contributed by atoms with Crippen LogP contribution < -0.4 is 5.32 Å². The van der Waals surface area contributed by atoms with Gasteiger partial charge in [0.15, 0.2) is 5.76 Å². The zero-order valence-corrected chi connectivity index (χ0v) is 12.4. The first-order chi connectivity index (χ1) is 10.0. The molecule has 0 saturated carbocycles. The summed E-state index contributed by atoms with van der Waals surface area (Å²) in [4.78, 5) is 14.7. The van der Waals surface area contributed by atoms with Gasteiger partial charge in [-0.3, -0.25) is 10.1 Å². The number of non-ortho nitro benzene ring substituents is 1. The summed E-state index contributed by atoms with van der Waals surface area (Å²) in [7, 11) is 0. The third kappa shape index (κ3) is 3.46. The smallest absolute Gasteiger partial charge is 0.270 e. The van der Waals surface area contributed by atoms with Crippen LogP contribution in [0.1, 0.15) is 37.8 Å². The molecule has 21 heavy (non-hydrogen) atoms. The van der Waals surface area contributed by atoms with Crippen molar-refractivity contribution < 1.29 is 9.34 Å². The van der Waals surface area contributed by atoms with Crippen molar-refractivity contribution in [2.75, 3.05) is 6.54 Å². The van der Waals surface area contributed by atoms with E-state index in [0.717, 1.165) is 18.5 Å². The minimum atomic E-state index is -0.411. The lowest BCUT2D eigenvalue weighted by atomic mass is 10.1. The Kier molecular flexibility index (Phi) is 4.70. The molecule has 2 aromatic rings. The number of rotatable bonds is 6. The number of oxazole rings is 1. The Labute approximate surface area is 123 Å². The van der Waals surface area contributed by atoms with E-state index in [9.17, 15) is 10.1 Å². The van der Waals surface area contributed by atoms with E-state index in [4.69, 9.17) is 4.42 Å². The fourth-order valence-electron chi connectivity index (χ4n) is 2.05. The third-order valence-corrected chi connectivity index (χ3v) is 3.29. The molecule has 2 rings (SSSR count). The molecule has 0 aliphatic heterocycles. The van der Waals surface area contributed by atoms with Gasteiger partial charge in [-0.15, -0.1) is 0 Å². The zero-order chi connectivity index (χ0) is 15.4. The highest BCUT2D eigenvalue weighted by atomic mass is 16.6. The van der Waals surface area contributed by atoms with Crippen molar-refractivity contribution >= 4 is 5.69 Å². The molecule has 1 unspecified atom stereocenters. The minimum absolute atomic E-state index is 0.0118. The molecule has 1 aromatic heterocycles. The van der Waals surface area contributed by atoms with Gasteiger partial charge in [0.2, 0.25) is 5.89 Å². The highest BCUT2D eigenvalue weighted by Gasteiger charge is 2.16. The lowest BCUT2D eigenvalue weighted by Crippen LogP contribution is -2.19. The second-order valence-corrected chi connectivity index (χ2v) is 4.99. The number of nitrogens with one attached hydrogen (secondary N) is 1. The monoisotopic (exact) mass is 289 g/mol. The van der Waals surface area contributed by atoms with E-state index in [1.54, 1.807) is 12.3 Å². The molecule has 0 aliphatic carbocycles. The van der Waals surface area contributed by atoms with Crippen molar-refractivity contribution in [2.45, 2.75) is 33.2 Å². The minimum Gasteiger partial charge on any atom is -0.439 e. The van der Waals surface area contributed by atoms with Crippen molar-refractivity contribution in [3.8, 4) is 11.3 Å². The Morgan fingerprint density at radius 2 is 2.24 bits per heavy atom. The average molecular weight is 289 g/mol. The van der Waals surface area contributed by atoms with Crippen molar-refractivity contribution in [3.05, 3.63) is 46.0 Å². The Morgan fingerprint density at radius 1 is 1.48 bits per heavy atom. The SMILES string of the molecule is CCCNC(C)c1ncc(-c2cc([N+](=O)[O-])ccc2C)o1. The van der Waals surface area contributed by atoms with E-state index in [1.807, 2.05) is 13.8 Å². The Balaban J connectivity index is 2.29. The second-order valence-electron chi connectivity index (χ2n) is 4.99. The number of hydrogen-bond acceptors (Lipinski definition) is 5. The zero-order valence-electron chi connectivity index (χ0n) is 12.4. The molecule has 0 spiro atoms. The van der Waals surface area contributed by atoms with Crippen LogP contribution in [0.2, 0.25) is 0 Å². The molecule has 0 aliphatic rings. The van der Waals surface area contributed by atoms with E-state index in [-0.39, 0.29) is 11.7 Å². The van der Waals surface area contributed by atoms with Crippen molar-refractivity contribution in [2.24, 2.45) is 0 Å². The molecule has 112 valence electrons. The summed E-state index contributed by atoms with van der Waals surface area (Å²) >= 11 is 0. The summed E-state index contributed by atoms with van der Waals surface area (Å²) in [6.45, 7) is 6.84. The van der Waals surface area contributed by atoms with Crippen LogP contribution in [-0.4, -0.2) is 16.5 Å². The maximum atomic E-state index is 10.9. The summed E-state index contributed by atoms with van der Waals surface area (Å²) in [5, 5.41) is 14.2. The van der Waals surface area contributed by atoms with Gasteiger partial charge in [-0.2, -0.15) is 0 Å². The molecule has 6 nitrogen and oxygen atoms in total. The number of aromatic nitrogens is 1. The second kappa shape index (κ2) is 6.49. The van der Waals surface area contributed by atoms with Crippen LogP contribution in [0.5, 0.6) is 0 Å². The maximum Gasteiger partial charge on any atom is 0.270 e. The summed E-state index contributed by atoms with van der Waals surface area (Å²) in [5.41, 5.74) is 1.66. The van der Waals surface area contributed by atoms with Gasteiger partial charge in [-0.05, 0) is 32.4 Å². The maximum absolute atomic E-state index is 10.9. The fourth-order valence-corrected chi connectivity index (χ4v) is 2.05. The standard InChI is InChI=1S/C15H19N3O3/c1-4-7-16-11(3)15-17-9-14(21-15)13-8-12(18(19)20)6-5-10(13)2/h5-6,8-9,11,16H,4,7H2,1-3H3. The lowest BCUT2D eigenvalue weighted by molar-refractivity contribution is -0.384. The molecule has 0 saturated heterocycles. The average Bonchev–Trinajstić information content (AvgIpc) is 2.94. The molecule has 1 N–H and O–H groups in total. The number of nitrogens with zero attached hydrogens (tertiary/aromatic N) is 2. The van der Waals surface area contributed by atoms with Gasteiger partial charge < -0.3 is 9.73 Å². The number of nitro groups is 1. The van der Waals surface area contributed by atoms with Gasteiger partial charge in [0, 0.05) is 17.7 Å². The number of hydrogen-bond donors (Lipinski definition) is 1. The van der Waals surface area contributed by atoms with Crippen molar-refractivity contribution in [1.82, 2.24) is 10.3 Å². The van der Waals surface area contributed by atoms with E-state index >= 15 is 0 Å². The molecular weight excluding hydrogens is 270 g/mol. The lowest BCUT2D eigenvalue weighted by Gasteiger charge is -2.08. The molecule has 1 aromatic carbocycles. The first kappa shape index (κ1) is 15.2. The summed E-state index contributed by atoms with van der Waals surface area (Å²) < 4.78 is 5.75. The topological polar surface area (TPSA) is 81.2 Å². The van der Waals surface area contributed by atoms with Crippen LogP contribution in [0.25, 0.3) is 11.3 Å². The molecule has 0 radical (unpaired) electrons. The van der Waals surface area contributed by atoms with Crippen LogP contribution in [0.4, 0.5) is 5.69 Å². The van der Waals surface area contributed by atoms with Crippen LogP contribution in [0.3, 0.4) is 0 Å². The van der Waals surface area contributed by atoms with Crippen LogP contribution in [0, 0.1) is 17.0 Å². The molecular formula is C15H19N3O3. The van der Waals surface area contributed by atoms with Crippen LogP contribution >= 0.6 is 0 Å². The number of nitro benzene ring substituents is 1. The van der Waals surface area contributed by atoms with Gasteiger partial charge >= 0.3 is 0 Å². The molecule has 0 fully saturated rings. The normalized spacial score (nSPS) is 12.3. The quantitative estimate of drug-likeness (QED) is 0.648. The molecule has 0 bridgehead atoms. The first-order valence-electron chi connectivity index (χ1n) is 6.97. The highest BCUT2D eigenvalue weighted by Crippen LogP contribution is 2.29. The molecule has 0 amide bonds. The fraction of sp³-hybridized carbons (Fsp3) is 0.400. The van der Waals surface area contributed by atoms with Crippen molar-refractivity contribution in [3.63, 3.8) is 0 Å². The Bertz CT molecular complexity index is 637. The number of aryl methyl sites for hydroxylation is 1. The Hall–Kier alpha value is -2.21. The predicted octanol–water partition coefficient (Wildman–Crippen LogP) is 3.62. The van der Waals surface area contributed by atoms with Gasteiger partial charge in [0.05, 0.1) is 17.2 Å². The first-order valence-corrected chi connectivity index (χ1v) is 6.97. The highest BCUT2D eigenvalue weighted by molar-refractivity contribution is 5.64. The molecule has 1 heterocycles. The predicted molar refractivity (Wildman–Crippen MR) is 80.0 cm³/mol. The van der Waals surface area contributed by atoms with Crippen LogP contribution in [-0.2, 0) is 0 Å². The van der Waals surface area contributed by atoms with Crippen LogP contribution in [0.15, 0.2) is 28.8 Å². The summed E-state index contributed by atoms with van der Waals surface area (Å²) in [5.74, 6) is 1.14. The summed E-state index contributed by atoms with van der Waals surface area (Å²) in [6, 6.07) is 4.73. The van der Waals surface area contributed by atoms with Gasteiger partial charge in [0.1, 0.15) is 0 Å². The van der Waals surface area contributed by atoms with Gasteiger partial charge in [0.25, 0.3) is 5.69 Å². The van der Waals surface area contributed by atoms with E-state index in [2.05, 4.69) is 17.2 Å². The van der Waals surface area contributed by atoms with Gasteiger partial charge in [-0.1, -0.05) is 13.0 Å². The van der Waals surface area contributed by atoms with Crippen molar-refractivity contribution in [1.29, 1.82) is 0 Å². The van der Waals surface area contributed by atoms with E-state index in [0.29, 0.717) is 17.2 Å². The number of benzene rings is 1.